The molecule has 0 aromatic heterocycles. The molecule has 35 nitrogen and oxygen atoms in total. The fraction of sp³-hybridized carbons (Fsp3) is 0. The molecule has 0 aliphatic carbocycles. The molecule has 0 aliphatic rings. The van der Waals surface area contributed by atoms with Gasteiger partial charge in [0.05, 0.1) is 39.3 Å². The van der Waals surface area contributed by atoms with Crippen LogP contribution in [0.4, 0.5) is 34.1 Å². The van der Waals surface area contributed by atoms with Gasteiger partial charge in [0.15, 0.2) is 80.5 Å². The molecule has 0 spiro atoms. The van der Waals surface area contributed by atoms with E-state index in [1.54, 1.807) is 0 Å². The van der Waals surface area contributed by atoms with Crippen LogP contribution in [-0.2, 0) is 0 Å². The minimum absolute atomic E-state index is 0.0490. The van der Waals surface area contributed by atoms with Gasteiger partial charge in [-0.15, -0.1) is 0 Å². The number of hydrogen-bond acceptors (Lipinski definition) is 35. The van der Waals surface area contributed by atoms with E-state index in [4.69, 9.17) is 0 Å². The Bertz CT molecular complexity index is 5460. The molecule has 35 heteroatoms. The van der Waals surface area contributed by atoms with Gasteiger partial charge in [-0.05, 0) is 57.4 Å². The van der Waals surface area contributed by atoms with Crippen molar-refractivity contribution in [2.45, 2.75) is 0 Å². The van der Waals surface area contributed by atoms with E-state index in [2.05, 4.69) is 0 Å². The molecule has 0 heterocycles. The lowest BCUT2D eigenvalue weighted by Gasteiger charge is -2.33. The highest BCUT2D eigenvalue weighted by molar-refractivity contribution is 6.29. The van der Waals surface area contributed by atoms with Crippen molar-refractivity contribution < 1.29 is 169 Å². The fourth-order valence-corrected chi connectivity index (χ4v) is 11.9. The van der Waals surface area contributed by atoms with Crippen LogP contribution in [0.5, 0.6) is 190 Å². The first kappa shape index (κ1) is 63.8. The molecule has 12 aromatic rings. The molecule has 0 aliphatic heterocycles. The average molecular weight is 1370 g/mol. The lowest BCUT2D eigenvalue weighted by Crippen LogP contribution is -2.14. The summed E-state index contributed by atoms with van der Waals surface area (Å²) >= 11 is 0. The number of aromatic hydroxyl groups is 33. The van der Waals surface area contributed by atoms with Gasteiger partial charge in [0.2, 0.25) is 103 Å². The van der Waals surface area contributed by atoms with Gasteiger partial charge in [0.25, 0.3) is 0 Å². The lowest BCUT2D eigenvalue weighted by atomic mass is 9.89. The van der Waals surface area contributed by atoms with Gasteiger partial charge in [0, 0.05) is 27.5 Å². The van der Waals surface area contributed by atoms with Gasteiger partial charge in [-0.2, -0.15) is 0 Å². The predicted octanol–water partition coefficient (Wildman–Crippen LogP) is 8.48. The molecule has 0 amide bonds. The van der Waals surface area contributed by atoms with E-state index in [9.17, 15) is 169 Å². The number of nitrogens with zero attached hydrogens (tertiary/aromatic N) is 2. The summed E-state index contributed by atoms with van der Waals surface area (Å²) in [5.41, 5.74) is -16.1. The SMILES string of the molecule is Oc1cc(-c2c(O)c(O)c(O)c(O)c2O)cc(-c2c(O)c(O)c(O)c(O)c2O)c1N(c1c(O)c(O)c(O)c(O)c1O)c1ccc2ccc3c(N(c4c(-c5c(O)c(O)c(O)c(O)c5O)cc(-c5c(O)c(O)c(O)c(O)c5O)c(O)c4O)c4c(O)c(O)c(O)c(O)c4O)ccc4ccc1c2c43. The summed E-state index contributed by atoms with van der Waals surface area (Å²) < 4.78 is 0. The highest BCUT2D eigenvalue weighted by Crippen LogP contribution is 2.69. The third-order valence-electron chi connectivity index (χ3n) is 16.6. The Morgan fingerprint density at radius 1 is 0.182 bits per heavy atom. The first-order valence-corrected chi connectivity index (χ1v) is 27.3. The summed E-state index contributed by atoms with van der Waals surface area (Å²) in [5.74, 6) is -53.7. The molecule has 99 heavy (non-hydrogen) atoms. The number of benzene rings is 12. The molecular weight excluding hydrogens is 1320 g/mol. The smallest absolute Gasteiger partial charge is 0.208 e. The predicted molar refractivity (Wildman–Crippen MR) is 336 cm³/mol. The molecule has 508 valence electrons. The summed E-state index contributed by atoms with van der Waals surface area (Å²) in [4.78, 5) is 0.802. The molecule has 12 aromatic carbocycles. The molecule has 0 unspecified atom stereocenters. The second-order valence-electron chi connectivity index (χ2n) is 21.8. The number of rotatable bonds is 10. The van der Waals surface area contributed by atoms with Crippen molar-refractivity contribution in [2.75, 3.05) is 9.80 Å². The Morgan fingerprint density at radius 2 is 0.424 bits per heavy atom. The Balaban J connectivity index is 1.26. The van der Waals surface area contributed by atoms with E-state index in [1.165, 1.54) is 36.4 Å². The number of phenols is 33. The van der Waals surface area contributed by atoms with Crippen molar-refractivity contribution in [1.82, 2.24) is 0 Å². The van der Waals surface area contributed by atoms with Crippen LogP contribution in [0.25, 0.3) is 76.8 Å². The molecule has 0 radical (unpaired) electrons. The molecule has 0 fully saturated rings. The zero-order chi connectivity index (χ0) is 72.5. The van der Waals surface area contributed by atoms with Gasteiger partial charge in [-0.25, -0.2) is 0 Å². The molecule has 0 atom stereocenters. The molecule has 0 bridgehead atoms. The van der Waals surface area contributed by atoms with Gasteiger partial charge < -0.3 is 169 Å². The van der Waals surface area contributed by atoms with Crippen LogP contribution in [0, 0.1) is 0 Å². The van der Waals surface area contributed by atoms with Crippen LogP contribution in [0.3, 0.4) is 0 Å². The quantitative estimate of drug-likeness (QED) is 0.0346. The second-order valence-corrected chi connectivity index (χ2v) is 21.8. The van der Waals surface area contributed by atoms with Gasteiger partial charge in [0.1, 0.15) is 22.8 Å². The Morgan fingerprint density at radius 3 is 0.747 bits per heavy atom. The molecular formula is C64H44N2O33. The van der Waals surface area contributed by atoms with Gasteiger partial charge in [-0.1, -0.05) is 36.4 Å². The van der Waals surface area contributed by atoms with Crippen LogP contribution in [0.1, 0.15) is 0 Å². The standard InChI is InChI=1S/C64H44N2O33/c67-22-10-14(25-34(69)47(82)59(94)48(83)35(25)70)9-17(26-36(71)49(84)60(95)50(85)37(26)72)29(22)65(31-43(78)55(90)63(98)56(91)44(31)79)20-7-3-12-2-6-16-21(8-4-13-1-5-15(20)23(12)24(13)16)66(32-45(80)57(92)64(99)58(93)46(32)81)30-18(27-38(73)51(86)61(96)52(87)39(27)74)11-19(33(68)42(30)77)28-40(75)53(88)62(97)54(89)41(28)76/h1-11,67-99H. The minimum Gasteiger partial charge on any atom is -0.506 e. The second kappa shape index (κ2) is 21.4. The first-order valence-electron chi connectivity index (χ1n) is 27.3. The normalized spacial score (nSPS) is 11.6. The van der Waals surface area contributed by atoms with E-state index in [-0.39, 0.29) is 32.3 Å². The van der Waals surface area contributed by atoms with E-state index in [0.717, 1.165) is 12.1 Å². The summed E-state index contributed by atoms with van der Waals surface area (Å²) in [5, 5.41) is 371. The topological polar surface area (TPSA) is 674 Å². The first-order chi connectivity index (χ1) is 46.4. The van der Waals surface area contributed by atoms with Crippen molar-refractivity contribution >= 4 is 66.4 Å². The summed E-state index contributed by atoms with van der Waals surface area (Å²) in [6, 6.07) is 10.9. The van der Waals surface area contributed by atoms with Crippen molar-refractivity contribution in [3.8, 4) is 234 Å². The van der Waals surface area contributed by atoms with Crippen LogP contribution >= 0.6 is 0 Å². The van der Waals surface area contributed by atoms with Crippen LogP contribution < -0.4 is 9.80 Å². The van der Waals surface area contributed by atoms with Crippen molar-refractivity contribution in [3.05, 3.63) is 66.7 Å². The van der Waals surface area contributed by atoms with Crippen molar-refractivity contribution in [1.29, 1.82) is 0 Å². The van der Waals surface area contributed by atoms with E-state index in [0.29, 0.717) is 28.0 Å². The molecule has 0 saturated carbocycles. The third kappa shape index (κ3) is 8.43. The van der Waals surface area contributed by atoms with Crippen LogP contribution in [0.15, 0.2) is 66.7 Å². The molecule has 12 rings (SSSR count). The van der Waals surface area contributed by atoms with E-state index >= 15 is 0 Å². The van der Waals surface area contributed by atoms with Crippen molar-refractivity contribution in [2.24, 2.45) is 0 Å². The van der Waals surface area contributed by atoms with Crippen molar-refractivity contribution in [3.63, 3.8) is 0 Å². The van der Waals surface area contributed by atoms with Gasteiger partial charge >= 0.3 is 0 Å². The number of hydrogen-bond donors (Lipinski definition) is 33. The monoisotopic (exact) mass is 1370 g/mol. The minimum atomic E-state index is -1.77. The highest BCUT2D eigenvalue weighted by atomic mass is 16.4. The molecule has 33 N–H and O–H groups in total. The number of anilines is 6. The third-order valence-corrected chi connectivity index (χ3v) is 16.6. The highest BCUT2D eigenvalue weighted by Gasteiger charge is 2.41. The number of phenolic OH excluding ortho intramolecular Hbond substituents is 33. The average Bonchev–Trinajstić information content (AvgIpc) is 0.710. The zero-order valence-electron chi connectivity index (χ0n) is 48.5. The lowest BCUT2D eigenvalue weighted by molar-refractivity contribution is 0.329. The van der Waals surface area contributed by atoms with Gasteiger partial charge in [-0.3, -0.25) is 9.80 Å². The van der Waals surface area contributed by atoms with E-state index in [1.807, 2.05) is 0 Å². The zero-order valence-corrected chi connectivity index (χ0v) is 48.5. The fourth-order valence-electron chi connectivity index (χ4n) is 11.9. The Hall–Kier alpha value is -15.3. The van der Waals surface area contributed by atoms with Crippen LogP contribution in [-0.4, -0.2) is 169 Å². The van der Waals surface area contributed by atoms with E-state index < -0.39 is 268 Å². The summed E-state index contributed by atoms with van der Waals surface area (Å²) in [6.45, 7) is 0. The summed E-state index contributed by atoms with van der Waals surface area (Å²) in [6.07, 6.45) is 0. The maximum absolute atomic E-state index is 12.7. The largest absolute Gasteiger partial charge is 0.506 e. The molecule has 0 saturated heterocycles. The van der Waals surface area contributed by atoms with Crippen LogP contribution in [0.2, 0.25) is 0 Å². The summed E-state index contributed by atoms with van der Waals surface area (Å²) in [7, 11) is 0. The Kier molecular flexibility index (Phi) is 13.8. The maximum atomic E-state index is 12.7. The Labute approximate surface area is 544 Å². The maximum Gasteiger partial charge on any atom is 0.208 e.